The highest BCUT2D eigenvalue weighted by molar-refractivity contribution is 5.95. The zero-order chi connectivity index (χ0) is 26.6. The topological polar surface area (TPSA) is 58.6 Å². The predicted molar refractivity (Wildman–Crippen MR) is 146 cm³/mol. The Hall–Kier alpha value is -4.45. The number of nitrogens with one attached hydrogen (secondary N) is 1. The van der Waals surface area contributed by atoms with Gasteiger partial charge in [0.1, 0.15) is 11.6 Å². The lowest BCUT2D eigenvalue weighted by Gasteiger charge is -2.38. The van der Waals surface area contributed by atoms with Crippen LogP contribution in [0.3, 0.4) is 0 Å². The first-order valence-corrected chi connectivity index (χ1v) is 12.7. The first-order chi connectivity index (χ1) is 18.4. The second kappa shape index (κ2) is 10.9. The fourth-order valence-electron chi connectivity index (χ4n) is 4.90. The molecule has 0 saturated heterocycles. The average molecular weight is 509 g/mol. The lowest BCUT2D eigenvalue weighted by atomic mass is 9.87. The normalized spacial score (nSPS) is 15.3. The molecule has 0 aliphatic carbocycles. The van der Waals surface area contributed by atoms with E-state index in [1.54, 1.807) is 13.0 Å². The number of rotatable bonds is 6. The van der Waals surface area contributed by atoms with Crippen molar-refractivity contribution in [2.45, 2.75) is 32.4 Å². The maximum Gasteiger partial charge on any atom is 0.265 e. The fraction of sp³-hybridized carbons (Fsp3) is 0.188. The van der Waals surface area contributed by atoms with Crippen molar-refractivity contribution in [2.24, 2.45) is 0 Å². The average Bonchev–Trinajstić information content (AvgIpc) is 2.92. The lowest BCUT2D eigenvalue weighted by Crippen LogP contribution is -2.40. The lowest BCUT2D eigenvalue weighted by molar-refractivity contribution is -0.122. The van der Waals surface area contributed by atoms with Gasteiger partial charge in [-0.2, -0.15) is 0 Å². The number of carbonyl (C=O) groups excluding carboxylic acids is 2. The summed E-state index contributed by atoms with van der Waals surface area (Å²) in [7, 11) is 0. The molecule has 0 fully saturated rings. The summed E-state index contributed by atoms with van der Waals surface area (Å²) in [4.78, 5) is 28.3. The molecule has 4 aromatic carbocycles. The molecule has 38 heavy (non-hydrogen) atoms. The van der Waals surface area contributed by atoms with Crippen LogP contribution in [0.4, 0.5) is 10.1 Å². The van der Waals surface area contributed by atoms with Crippen molar-refractivity contribution < 1.29 is 18.7 Å². The largest absolute Gasteiger partial charge is 0.481 e. The van der Waals surface area contributed by atoms with Gasteiger partial charge in [0.25, 0.3) is 11.8 Å². The summed E-state index contributed by atoms with van der Waals surface area (Å²) in [6.07, 6.45) is -0.106. The third-order valence-electron chi connectivity index (χ3n) is 6.76. The molecule has 0 saturated carbocycles. The van der Waals surface area contributed by atoms with E-state index in [2.05, 4.69) is 11.4 Å². The number of fused-ring (bicyclic) bond motifs is 1. The van der Waals surface area contributed by atoms with Crippen molar-refractivity contribution in [3.63, 3.8) is 0 Å². The predicted octanol–water partition coefficient (Wildman–Crippen LogP) is 6.33. The first kappa shape index (κ1) is 25.2. The van der Waals surface area contributed by atoms with Crippen molar-refractivity contribution >= 4 is 17.5 Å². The van der Waals surface area contributed by atoms with Crippen LogP contribution >= 0.6 is 0 Å². The zero-order valence-electron chi connectivity index (χ0n) is 21.4. The Bertz CT molecular complexity index is 1470. The van der Waals surface area contributed by atoms with E-state index in [4.69, 9.17) is 4.74 Å². The number of hydrogen-bond acceptors (Lipinski definition) is 3. The molecule has 1 aliphatic rings. The Labute approximate surface area is 221 Å². The molecule has 4 aromatic rings. The van der Waals surface area contributed by atoms with Crippen molar-refractivity contribution in [1.29, 1.82) is 0 Å². The Morgan fingerprint density at radius 3 is 2.50 bits per heavy atom. The second-order valence-electron chi connectivity index (χ2n) is 9.55. The van der Waals surface area contributed by atoms with Crippen LogP contribution in [0.15, 0.2) is 97.1 Å². The van der Waals surface area contributed by atoms with Crippen LogP contribution in [-0.4, -0.2) is 29.4 Å². The molecule has 0 radical (unpaired) electrons. The third-order valence-corrected chi connectivity index (χ3v) is 6.76. The SMILES string of the molecule is Cc1cccc([C@@H]2c3cc(O[C@@H](C)C(=O)Nc4cccc(F)c4)ccc3CCN2C(=O)c2ccccc2)c1. The maximum atomic E-state index is 13.6. The minimum absolute atomic E-state index is 0.0306. The maximum absolute atomic E-state index is 13.6. The van der Waals surface area contributed by atoms with E-state index in [1.807, 2.05) is 78.6 Å². The number of ether oxygens (including phenoxy) is 1. The van der Waals surface area contributed by atoms with Crippen molar-refractivity contribution in [3.05, 3.63) is 131 Å². The van der Waals surface area contributed by atoms with Crippen molar-refractivity contribution in [1.82, 2.24) is 4.90 Å². The molecule has 0 unspecified atom stereocenters. The molecule has 6 heteroatoms. The third kappa shape index (κ3) is 5.44. The van der Waals surface area contributed by atoms with Crippen LogP contribution in [0.2, 0.25) is 0 Å². The van der Waals surface area contributed by atoms with E-state index in [0.29, 0.717) is 30.0 Å². The summed E-state index contributed by atoms with van der Waals surface area (Å²) < 4.78 is 19.5. The van der Waals surface area contributed by atoms with Gasteiger partial charge >= 0.3 is 0 Å². The Balaban J connectivity index is 1.45. The van der Waals surface area contributed by atoms with E-state index in [9.17, 15) is 14.0 Å². The number of amides is 2. The molecule has 0 spiro atoms. The number of carbonyl (C=O) groups is 2. The Kier molecular flexibility index (Phi) is 7.22. The minimum atomic E-state index is -0.820. The second-order valence-corrected chi connectivity index (χ2v) is 9.55. The number of nitrogens with zero attached hydrogens (tertiary/aromatic N) is 1. The summed E-state index contributed by atoms with van der Waals surface area (Å²) in [6.45, 7) is 4.28. The van der Waals surface area contributed by atoms with Gasteiger partial charge in [-0.15, -0.1) is 0 Å². The molecule has 1 N–H and O–H groups in total. The number of anilines is 1. The van der Waals surface area contributed by atoms with Gasteiger partial charge in [0.2, 0.25) is 0 Å². The van der Waals surface area contributed by atoms with Gasteiger partial charge in [0, 0.05) is 17.8 Å². The monoisotopic (exact) mass is 508 g/mol. The molecule has 0 bridgehead atoms. The van der Waals surface area contributed by atoms with Gasteiger partial charge in [-0.3, -0.25) is 9.59 Å². The number of aryl methyl sites for hydroxylation is 1. The van der Waals surface area contributed by atoms with Crippen LogP contribution in [0.5, 0.6) is 5.75 Å². The first-order valence-electron chi connectivity index (χ1n) is 12.7. The summed E-state index contributed by atoms with van der Waals surface area (Å²) in [5.41, 5.74) is 5.24. The highest BCUT2D eigenvalue weighted by Crippen LogP contribution is 2.38. The zero-order valence-corrected chi connectivity index (χ0v) is 21.4. The molecule has 1 aliphatic heterocycles. The summed E-state index contributed by atoms with van der Waals surface area (Å²) >= 11 is 0. The molecular formula is C32H29FN2O3. The minimum Gasteiger partial charge on any atom is -0.481 e. The van der Waals surface area contributed by atoms with Gasteiger partial charge in [0.05, 0.1) is 6.04 Å². The summed E-state index contributed by atoms with van der Waals surface area (Å²) in [5.74, 6) is -0.318. The van der Waals surface area contributed by atoms with Gasteiger partial charge < -0.3 is 15.0 Å². The van der Waals surface area contributed by atoms with Crippen LogP contribution in [-0.2, 0) is 11.2 Å². The van der Waals surface area contributed by atoms with Gasteiger partial charge in [-0.1, -0.05) is 60.2 Å². The highest BCUT2D eigenvalue weighted by Gasteiger charge is 2.33. The molecule has 0 aromatic heterocycles. The van der Waals surface area contributed by atoms with E-state index in [0.717, 1.165) is 22.3 Å². The number of benzene rings is 4. The molecular weight excluding hydrogens is 479 g/mol. The molecule has 2 amide bonds. The van der Waals surface area contributed by atoms with Crippen molar-refractivity contribution in [2.75, 3.05) is 11.9 Å². The van der Waals surface area contributed by atoms with Gasteiger partial charge in [-0.25, -0.2) is 4.39 Å². The van der Waals surface area contributed by atoms with E-state index in [1.165, 1.54) is 18.2 Å². The van der Waals surface area contributed by atoms with Crippen molar-refractivity contribution in [3.8, 4) is 5.75 Å². The van der Waals surface area contributed by atoms with E-state index >= 15 is 0 Å². The quantitative estimate of drug-likeness (QED) is 0.331. The van der Waals surface area contributed by atoms with Crippen LogP contribution in [0, 0.1) is 12.7 Å². The standard InChI is InChI=1S/C32H29FN2O3/c1-21-8-6-11-25(18-21)30-29-20-28(38-22(2)31(36)34-27-13-7-12-26(33)19-27)15-14-23(29)16-17-35(30)32(37)24-9-4-3-5-10-24/h3-15,18-20,22,30H,16-17H2,1-2H3,(H,34,36)/t22-,30+/m0/s1. The summed E-state index contributed by atoms with van der Waals surface area (Å²) in [6, 6.07) is 28.7. The molecule has 5 nitrogen and oxygen atoms in total. The number of hydrogen-bond donors (Lipinski definition) is 1. The molecule has 1 heterocycles. The van der Waals surface area contributed by atoms with Gasteiger partial charge in [0.15, 0.2) is 6.10 Å². The van der Waals surface area contributed by atoms with Gasteiger partial charge in [-0.05, 0) is 79.4 Å². The molecule has 5 rings (SSSR count). The smallest absolute Gasteiger partial charge is 0.265 e. The summed E-state index contributed by atoms with van der Waals surface area (Å²) in [5, 5.41) is 2.69. The van der Waals surface area contributed by atoms with E-state index in [-0.39, 0.29) is 17.9 Å². The highest BCUT2D eigenvalue weighted by atomic mass is 19.1. The Morgan fingerprint density at radius 2 is 1.74 bits per heavy atom. The van der Waals surface area contributed by atoms with E-state index < -0.39 is 11.9 Å². The Morgan fingerprint density at radius 1 is 0.947 bits per heavy atom. The fourth-order valence-corrected chi connectivity index (χ4v) is 4.90. The molecule has 192 valence electrons. The van der Waals surface area contributed by atoms with Crippen LogP contribution in [0.25, 0.3) is 0 Å². The van der Waals surface area contributed by atoms with Crippen LogP contribution < -0.4 is 10.1 Å². The van der Waals surface area contributed by atoms with Crippen LogP contribution in [0.1, 0.15) is 45.6 Å². The molecule has 2 atom stereocenters. The number of halogens is 1.